The van der Waals surface area contributed by atoms with Crippen LogP contribution in [0.1, 0.15) is 17.3 Å². The number of esters is 2. The molecule has 0 aliphatic heterocycles. The Morgan fingerprint density at radius 1 is 1.45 bits per heavy atom. The Balaban J connectivity index is 2.83. The van der Waals surface area contributed by atoms with Gasteiger partial charge in [-0.3, -0.25) is 5.43 Å². The number of anilines is 1. The van der Waals surface area contributed by atoms with E-state index in [2.05, 4.69) is 21.8 Å². The standard InChI is InChI=1S/C15H17ClN2O4/c1-4-10(2)9-22-14(19)11-7-5-6-8-12(11)17-18-13(16)15(20)21-3/h4-8,10,17H,1,9H2,2-3H3/b18-13+. The minimum atomic E-state index is -0.783. The number of hydrazone groups is 1. The summed E-state index contributed by atoms with van der Waals surface area (Å²) in [5.41, 5.74) is 3.18. The fourth-order valence-electron chi connectivity index (χ4n) is 1.35. The fourth-order valence-corrected chi connectivity index (χ4v) is 1.47. The predicted octanol–water partition coefficient (Wildman–Crippen LogP) is 2.80. The highest BCUT2D eigenvalue weighted by molar-refractivity contribution is 6.82. The number of halogens is 1. The van der Waals surface area contributed by atoms with Crippen LogP contribution >= 0.6 is 11.6 Å². The predicted molar refractivity (Wildman–Crippen MR) is 85.0 cm³/mol. The third kappa shape index (κ3) is 5.21. The van der Waals surface area contributed by atoms with Crippen LogP contribution in [-0.4, -0.2) is 30.8 Å². The zero-order valence-electron chi connectivity index (χ0n) is 12.3. The molecule has 1 aromatic rings. The van der Waals surface area contributed by atoms with Gasteiger partial charge < -0.3 is 9.47 Å². The maximum Gasteiger partial charge on any atom is 0.370 e. The Bertz CT molecular complexity index is 587. The number of methoxy groups -OCH3 is 1. The quantitative estimate of drug-likeness (QED) is 0.361. The third-order valence-electron chi connectivity index (χ3n) is 2.66. The summed E-state index contributed by atoms with van der Waals surface area (Å²) in [6.07, 6.45) is 1.69. The van der Waals surface area contributed by atoms with Crippen LogP contribution in [0, 0.1) is 5.92 Å². The minimum absolute atomic E-state index is 0.0517. The average Bonchev–Trinajstić information content (AvgIpc) is 2.56. The summed E-state index contributed by atoms with van der Waals surface area (Å²) in [6, 6.07) is 6.57. The number of carbonyl (C=O) groups is 2. The van der Waals surface area contributed by atoms with Crippen molar-refractivity contribution >= 4 is 34.4 Å². The van der Waals surface area contributed by atoms with Crippen LogP contribution in [0.5, 0.6) is 0 Å². The lowest BCUT2D eigenvalue weighted by Crippen LogP contribution is -2.14. The SMILES string of the molecule is C=CC(C)COC(=O)c1ccccc1N/N=C(/Cl)C(=O)OC. The summed E-state index contributed by atoms with van der Waals surface area (Å²) in [5.74, 6) is -1.24. The monoisotopic (exact) mass is 324 g/mol. The van der Waals surface area contributed by atoms with Crippen LogP contribution < -0.4 is 5.43 Å². The molecule has 0 amide bonds. The van der Waals surface area contributed by atoms with Crippen molar-refractivity contribution < 1.29 is 19.1 Å². The largest absolute Gasteiger partial charge is 0.464 e. The van der Waals surface area contributed by atoms with Gasteiger partial charge in [0.15, 0.2) is 0 Å². The molecular weight excluding hydrogens is 308 g/mol. The molecule has 1 unspecified atom stereocenters. The molecule has 1 aromatic carbocycles. The molecule has 0 aliphatic rings. The highest BCUT2D eigenvalue weighted by atomic mass is 35.5. The van der Waals surface area contributed by atoms with Gasteiger partial charge in [-0.2, -0.15) is 5.10 Å². The van der Waals surface area contributed by atoms with Gasteiger partial charge in [0.25, 0.3) is 0 Å². The molecule has 7 heteroatoms. The molecule has 0 aliphatic carbocycles. The topological polar surface area (TPSA) is 77.0 Å². The second-order valence-corrected chi connectivity index (χ2v) is 4.72. The fraction of sp³-hybridized carbons (Fsp3) is 0.267. The summed E-state index contributed by atoms with van der Waals surface area (Å²) < 4.78 is 9.59. The highest BCUT2D eigenvalue weighted by Crippen LogP contribution is 2.17. The summed E-state index contributed by atoms with van der Waals surface area (Å²) in [5, 5.41) is 3.27. The van der Waals surface area contributed by atoms with Gasteiger partial charge >= 0.3 is 11.9 Å². The first-order chi connectivity index (χ1) is 10.5. The summed E-state index contributed by atoms with van der Waals surface area (Å²) in [6.45, 7) is 5.73. The molecule has 0 bridgehead atoms. The Kier molecular flexibility index (Phi) is 7.12. The Hall–Kier alpha value is -2.34. The van der Waals surface area contributed by atoms with Gasteiger partial charge in [-0.15, -0.1) is 6.58 Å². The van der Waals surface area contributed by atoms with Gasteiger partial charge in [0.05, 0.1) is 25.0 Å². The minimum Gasteiger partial charge on any atom is -0.464 e. The van der Waals surface area contributed by atoms with Crippen molar-refractivity contribution in [3.05, 3.63) is 42.5 Å². The lowest BCUT2D eigenvalue weighted by atomic mass is 10.2. The van der Waals surface area contributed by atoms with E-state index in [1.54, 1.807) is 30.3 Å². The van der Waals surface area contributed by atoms with Crippen molar-refractivity contribution in [1.29, 1.82) is 0 Å². The molecule has 1 N–H and O–H groups in total. The highest BCUT2D eigenvalue weighted by Gasteiger charge is 2.14. The normalized spacial score (nSPS) is 12.2. The van der Waals surface area contributed by atoms with E-state index >= 15 is 0 Å². The number of benzene rings is 1. The number of hydrogen-bond acceptors (Lipinski definition) is 6. The molecule has 0 fully saturated rings. The molecular formula is C15H17ClN2O4. The van der Waals surface area contributed by atoms with E-state index in [1.165, 1.54) is 7.11 Å². The first kappa shape index (κ1) is 17.7. The van der Waals surface area contributed by atoms with E-state index in [0.29, 0.717) is 5.69 Å². The summed E-state index contributed by atoms with van der Waals surface area (Å²) >= 11 is 5.62. The van der Waals surface area contributed by atoms with Gasteiger partial charge in [0.2, 0.25) is 5.17 Å². The maximum atomic E-state index is 12.1. The van der Waals surface area contributed by atoms with E-state index in [-0.39, 0.29) is 23.3 Å². The zero-order valence-corrected chi connectivity index (χ0v) is 13.1. The second-order valence-electron chi connectivity index (χ2n) is 4.36. The van der Waals surface area contributed by atoms with Crippen LogP contribution in [0.15, 0.2) is 42.0 Å². The van der Waals surface area contributed by atoms with Crippen molar-refractivity contribution in [3.63, 3.8) is 0 Å². The molecule has 0 saturated carbocycles. The summed E-state index contributed by atoms with van der Waals surface area (Å²) in [4.78, 5) is 23.2. The van der Waals surface area contributed by atoms with Crippen LogP contribution in [0.3, 0.4) is 0 Å². The van der Waals surface area contributed by atoms with Crippen LogP contribution in [-0.2, 0) is 14.3 Å². The number of carbonyl (C=O) groups excluding carboxylic acids is 2. The zero-order chi connectivity index (χ0) is 16.5. The number of para-hydroxylation sites is 1. The van der Waals surface area contributed by atoms with E-state index in [4.69, 9.17) is 16.3 Å². The van der Waals surface area contributed by atoms with Gasteiger partial charge in [-0.05, 0) is 12.1 Å². The van der Waals surface area contributed by atoms with Crippen LogP contribution in [0.25, 0.3) is 0 Å². The first-order valence-electron chi connectivity index (χ1n) is 6.45. The molecule has 1 rings (SSSR count). The molecule has 0 saturated heterocycles. The van der Waals surface area contributed by atoms with Crippen molar-refractivity contribution in [2.24, 2.45) is 11.0 Å². The van der Waals surface area contributed by atoms with Crippen molar-refractivity contribution in [2.45, 2.75) is 6.92 Å². The molecule has 0 spiro atoms. The first-order valence-corrected chi connectivity index (χ1v) is 6.83. The molecule has 0 heterocycles. The van der Waals surface area contributed by atoms with Crippen molar-refractivity contribution in [1.82, 2.24) is 0 Å². The maximum absolute atomic E-state index is 12.1. The van der Waals surface area contributed by atoms with Crippen LogP contribution in [0.4, 0.5) is 5.69 Å². The number of ether oxygens (including phenoxy) is 2. The molecule has 22 heavy (non-hydrogen) atoms. The lowest BCUT2D eigenvalue weighted by Gasteiger charge is -2.10. The molecule has 0 radical (unpaired) electrons. The Morgan fingerprint density at radius 3 is 2.77 bits per heavy atom. The van der Waals surface area contributed by atoms with Gasteiger partial charge in [0, 0.05) is 5.92 Å². The van der Waals surface area contributed by atoms with E-state index in [1.807, 2.05) is 6.92 Å². The number of nitrogens with one attached hydrogen (secondary N) is 1. The smallest absolute Gasteiger partial charge is 0.370 e. The molecule has 118 valence electrons. The van der Waals surface area contributed by atoms with Crippen LogP contribution in [0.2, 0.25) is 0 Å². The van der Waals surface area contributed by atoms with Gasteiger partial charge in [0.1, 0.15) is 0 Å². The van der Waals surface area contributed by atoms with Gasteiger partial charge in [-0.25, -0.2) is 9.59 Å². The lowest BCUT2D eigenvalue weighted by molar-refractivity contribution is -0.132. The van der Waals surface area contributed by atoms with Crippen molar-refractivity contribution in [2.75, 3.05) is 19.1 Å². The molecule has 6 nitrogen and oxygen atoms in total. The van der Waals surface area contributed by atoms with Gasteiger partial charge in [-0.1, -0.05) is 36.7 Å². The Labute approximate surface area is 133 Å². The second kappa shape index (κ2) is 8.84. The van der Waals surface area contributed by atoms with E-state index in [9.17, 15) is 9.59 Å². The summed E-state index contributed by atoms with van der Waals surface area (Å²) in [7, 11) is 1.19. The number of nitrogens with zero attached hydrogens (tertiary/aromatic N) is 1. The molecule has 0 aromatic heterocycles. The average molecular weight is 325 g/mol. The number of hydrogen-bond donors (Lipinski definition) is 1. The third-order valence-corrected chi connectivity index (χ3v) is 2.89. The molecule has 1 atom stereocenters. The van der Waals surface area contributed by atoms with E-state index < -0.39 is 11.9 Å². The van der Waals surface area contributed by atoms with E-state index in [0.717, 1.165) is 0 Å². The Morgan fingerprint density at radius 2 is 2.14 bits per heavy atom. The number of rotatable bonds is 7. The van der Waals surface area contributed by atoms with Crippen molar-refractivity contribution in [3.8, 4) is 0 Å².